The fourth-order valence-corrected chi connectivity index (χ4v) is 1.66. The van der Waals surface area contributed by atoms with Gasteiger partial charge in [0.1, 0.15) is 5.82 Å². The minimum atomic E-state index is -0.238. The summed E-state index contributed by atoms with van der Waals surface area (Å²) in [6.45, 7) is 3.28. The fourth-order valence-electron chi connectivity index (χ4n) is 1.66. The molecule has 0 fully saturated rings. The highest BCUT2D eigenvalue weighted by Gasteiger charge is 2.09. The number of hydrazine groups is 1. The van der Waals surface area contributed by atoms with Crippen LogP contribution < -0.4 is 16.2 Å². The molecule has 0 radical (unpaired) electrons. The molecule has 1 aromatic rings. The zero-order chi connectivity index (χ0) is 12.7. The molecule has 1 amide bonds. The van der Waals surface area contributed by atoms with Crippen molar-refractivity contribution >= 4 is 11.6 Å². The summed E-state index contributed by atoms with van der Waals surface area (Å²) in [5, 5.41) is 0. The van der Waals surface area contributed by atoms with Crippen LogP contribution in [0.4, 0.5) is 10.1 Å². The van der Waals surface area contributed by atoms with Crippen molar-refractivity contribution in [1.29, 1.82) is 0 Å². The Morgan fingerprint density at radius 3 is 2.76 bits per heavy atom. The molecule has 0 bridgehead atoms. The minimum Gasteiger partial charge on any atom is -0.369 e. The molecule has 0 unspecified atom stereocenters. The number of nitrogens with one attached hydrogen (secondary N) is 1. The lowest BCUT2D eigenvalue weighted by Crippen LogP contribution is -2.31. The van der Waals surface area contributed by atoms with E-state index in [1.165, 1.54) is 6.07 Å². The van der Waals surface area contributed by atoms with Gasteiger partial charge in [-0.3, -0.25) is 10.2 Å². The van der Waals surface area contributed by atoms with E-state index < -0.39 is 0 Å². The molecule has 5 heteroatoms. The molecule has 0 heterocycles. The molecule has 0 aliphatic heterocycles. The van der Waals surface area contributed by atoms with Crippen LogP contribution in [0.25, 0.3) is 0 Å². The Kier molecular flexibility index (Phi) is 5.42. The molecular formula is C12H18FN3O. The number of carbonyl (C=O) groups excluding carboxylic acids is 1. The van der Waals surface area contributed by atoms with Gasteiger partial charge >= 0.3 is 0 Å². The second-order valence-corrected chi connectivity index (χ2v) is 3.70. The molecule has 0 aliphatic rings. The van der Waals surface area contributed by atoms with Crippen molar-refractivity contribution in [3.63, 3.8) is 0 Å². The van der Waals surface area contributed by atoms with Gasteiger partial charge in [-0.15, -0.1) is 0 Å². The Morgan fingerprint density at radius 2 is 2.18 bits per heavy atom. The van der Waals surface area contributed by atoms with Crippen LogP contribution >= 0.6 is 0 Å². The molecule has 94 valence electrons. The van der Waals surface area contributed by atoms with Crippen molar-refractivity contribution in [1.82, 2.24) is 5.43 Å². The van der Waals surface area contributed by atoms with Gasteiger partial charge in [0.15, 0.2) is 0 Å². The number of para-hydroxylation sites is 1. The lowest BCUT2D eigenvalue weighted by molar-refractivity contribution is -0.121. The van der Waals surface area contributed by atoms with E-state index in [1.807, 2.05) is 11.8 Å². The Balaban J connectivity index is 2.55. The molecular weight excluding hydrogens is 221 g/mol. The van der Waals surface area contributed by atoms with Gasteiger partial charge in [0.2, 0.25) is 5.91 Å². The third kappa shape index (κ3) is 4.03. The zero-order valence-corrected chi connectivity index (χ0v) is 9.95. The van der Waals surface area contributed by atoms with Gasteiger partial charge in [-0.05, 0) is 25.5 Å². The lowest BCUT2D eigenvalue weighted by Gasteiger charge is -2.23. The number of amides is 1. The fraction of sp³-hybridized carbons (Fsp3) is 0.417. The van der Waals surface area contributed by atoms with Crippen molar-refractivity contribution in [2.24, 2.45) is 5.84 Å². The van der Waals surface area contributed by atoms with Gasteiger partial charge in [0, 0.05) is 19.5 Å². The van der Waals surface area contributed by atoms with E-state index in [2.05, 4.69) is 5.43 Å². The predicted molar refractivity (Wildman–Crippen MR) is 65.9 cm³/mol. The number of nitrogens with two attached hydrogens (primary N) is 1. The summed E-state index contributed by atoms with van der Waals surface area (Å²) in [7, 11) is 0. The van der Waals surface area contributed by atoms with Crippen LogP contribution in [0.15, 0.2) is 24.3 Å². The highest BCUT2D eigenvalue weighted by atomic mass is 19.1. The highest BCUT2D eigenvalue weighted by Crippen LogP contribution is 2.18. The summed E-state index contributed by atoms with van der Waals surface area (Å²) in [5.41, 5.74) is 2.65. The van der Waals surface area contributed by atoms with Crippen molar-refractivity contribution in [2.45, 2.75) is 19.8 Å². The number of carbonyl (C=O) groups is 1. The number of rotatable bonds is 6. The molecule has 0 saturated heterocycles. The number of hydrogen-bond donors (Lipinski definition) is 2. The zero-order valence-electron chi connectivity index (χ0n) is 9.95. The van der Waals surface area contributed by atoms with Crippen molar-refractivity contribution in [3.05, 3.63) is 30.1 Å². The molecule has 1 rings (SSSR count). The maximum Gasteiger partial charge on any atom is 0.233 e. The summed E-state index contributed by atoms with van der Waals surface area (Å²) < 4.78 is 13.5. The smallest absolute Gasteiger partial charge is 0.233 e. The molecule has 0 atom stereocenters. The van der Waals surface area contributed by atoms with E-state index in [1.54, 1.807) is 18.2 Å². The summed E-state index contributed by atoms with van der Waals surface area (Å²) in [4.78, 5) is 12.9. The van der Waals surface area contributed by atoms with Crippen LogP contribution in [0.1, 0.15) is 19.8 Å². The Labute approximate surface area is 101 Å². The first-order valence-corrected chi connectivity index (χ1v) is 5.68. The third-order valence-corrected chi connectivity index (χ3v) is 2.57. The molecule has 17 heavy (non-hydrogen) atoms. The summed E-state index contributed by atoms with van der Waals surface area (Å²) in [6, 6.07) is 6.63. The van der Waals surface area contributed by atoms with Gasteiger partial charge in [-0.25, -0.2) is 10.2 Å². The molecule has 3 N–H and O–H groups in total. The number of hydrogen-bond acceptors (Lipinski definition) is 3. The second kappa shape index (κ2) is 6.85. The van der Waals surface area contributed by atoms with E-state index in [-0.39, 0.29) is 11.7 Å². The first kappa shape index (κ1) is 13.4. The number of halogens is 1. The topological polar surface area (TPSA) is 58.4 Å². The number of benzene rings is 1. The van der Waals surface area contributed by atoms with Crippen LogP contribution in [0.3, 0.4) is 0 Å². The first-order chi connectivity index (χ1) is 8.19. The van der Waals surface area contributed by atoms with Gasteiger partial charge in [-0.2, -0.15) is 0 Å². The minimum absolute atomic E-state index is 0.199. The number of anilines is 1. The Morgan fingerprint density at radius 1 is 1.47 bits per heavy atom. The highest BCUT2D eigenvalue weighted by molar-refractivity contribution is 5.75. The van der Waals surface area contributed by atoms with Crippen molar-refractivity contribution in [3.8, 4) is 0 Å². The van der Waals surface area contributed by atoms with Gasteiger partial charge in [-0.1, -0.05) is 12.1 Å². The van der Waals surface area contributed by atoms with Crippen LogP contribution in [0.2, 0.25) is 0 Å². The maximum atomic E-state index is 13.5. The summed E-state index contributed by atoms with van der Waals surface area (Å²) >= 11 is 0. The Bertz CT molecular complexity index is 371. The lowest BCUT2D eigenvalue weighted by atomic mass is 10.2. The molecule has 0 spiro atoms. The quantitative estimate of drug-likeness (QED) is 0.448. The monoisotopic (exact) mass is 239 g/mol. The van der Waals surface area contributed by atoms with Crippen LogP contribution in [0, 0.1) is 5.82 Å². The van der Waals surface area contributed by atoms with Crippen molar-refractivity contribution in [2.75, 3.05) is 18.0 Å². The summed E-state index contributed by atoms with van der Waals surface area (Å²) in [5.74, 6) is 4.55. The normalized spacial score (nSPS) is 10.1. The maximum absolute atomic E-state index is 13.5. The standard InChI is InChI=1S/C12H18FN3O/c1-2-16(9-5-8-12(17)15-14)11-7-4-3-6-10(11)13/h3-4,6-7H,2,5,8-9,14H2,1H3,(H,15,17). The second-order valence-electron chi connectivity index (χ2n) is 3.70. The van der Waals surface area contributed by atoms with Crippen LogP contribution in [-0.2, 0) is 4.79 Å². The van der Waals surface area contributed by atoms with Gasteiger partial charge in [0.05, 0.1) is 5.69 Å². The third-order valence-electron chi connectivity index (χ3n) is 2.57. The van der Waals surface area contributed by atoms with E-state index in [0.29, 0.717) is 31.6 Å². The summed E-state index contributed by atoms with van der Waals surface area (Å²) in [6.07, 6.45) is 0.993. The Hall–Kier alpha value is -1.62. The van der Waals surface area contributed by atoms with Gasteiger partial charge < -0.3 is 4.90 Å². The molecule has 1 aromatic carbocycles. The van der Waals surface area contributed by atoms with Crippen LogP contribution in [-0.4, -0.2) is 19.0 Å². The van der Waals surface area contributed by atoms with E-state index in [9.17, 15) is 9.18 Å². The van der Waals surface area contributed by atoms with Crippen LogP contribution in [0.5, 0.6) is 0 Å². The molecule has 0 aromatic heterocycles. The van der Waals surface area contributed by atoms with Crippen molar-refractivity contribution < 1.29 is 9.18 Å². The number of nitrogens with zero attached hydrogens (tertiary/aromatic N) is 1. The average molecular weight is 239 g/mol. The SMILES string of the molecule is CCN(CCCC(=O)NN)c1ccccc1F. The van der Waals surface area contributed by atoms with E-state index in [4.69, 9.17) is 5.84 Å². The van der Waals surface area contributed by atoms with E-state index in [0.717, 1.165) is 0 Å². The van der Waals surface area contributed by atoms with E-state index >= 15 is 0 Å². The molecule has 0 saturated carbocycles. The molecule has 0 aliphatic carbocycles. The first-order valence-electron chi connectivity index (χ1n) is 5.68. The average Bonchev–Trinajstić information content (AvgIpc) is 2.35. The van der Waals surface area contributed by atoms with Gasteiger partial charge in [0.25, 0.3) is 0 Å². The largest absolute Gasteiger partial charge is 0.369 e. The molecule has 4 nitrogen and oxygen atoms in total. The predicted octanol–water partition coefficient (Wildman–Crippen LogP) is 1.42.